The van der Waals surface area contributed by atoms with E-state index < -0.39 is 26.7 Å². The van der Waals surface area contributed by atoms with E-state index in [1.165, 1.54) is 23.1 Å². The van der Waals surface area contributed by atoms with Crippen molar-refractivity contribution in [3.8, 4) is 0 Å². The molecule has 3 rings (SSSR count). The molecule has 1 fully saturated rings. The maximum absolute atomic E-state index is 13.2. The molecule has 1 amide bonds. The van der Waals surface area contributed by atoms with Gasteiger partial charge in [-0.2, -0.15) is 0 Å². The standard InChI is InChI=1S/C18H17BrN2O5S/c19-14-5-3-4-13(10-14)11-20(15-8-9-27(25,26)12-15)18(22)16-6-1-2-7-17(16)21(23)24/h1-7,10,15H,8-9,11-12H2. The molecule has 1 heterocycles. The van der Waals surface area contributed by atoms with Crippen LogP contribution in [0.2, 0.25) is 0 Å². The minimum absolute atomic E-state index is 0.0107. The van der Waals surface area contributed by atoms with Crippen LogP contribution in [0.4, 0.5) is 5.69 Å². The summed E-state index contributed by atoms with van der Waals surface area (Å²) in [6.07, 6.45) is 0.322. The summed E-state index contributed by atoms with van der Waals surface area (Å²) in [6.45, 7) is 0.171. The molecule has 0 N–H and O–H groups in total. The predicted molar refractivity (Wildman–Crippen MR) is 104 cm³/mol. The van der Waals surface area contributed by atoms with Crippen LogP contribution in [0, 0.1) is 10.1 Å². The summed E-state index contributed by atoms with van der Waals surface area (Å²) in [5, 5.41) is 11.3. The Bertz CT molecular complexity index is 993. The SMILES string of the molecule is O=C(c1ccccc1[N+](=O)[O-])N(Cc1cccc(Br)c1)C1CCS(=O)(=O)C1. The molecule has 1 atom stereocenters. The van der Waals surface area contributed by atoms with Crippen LogP contribution in [0.5, 0.6) is 0 Å². The number of nitro benzene ring substituents is 1. The highest BCUT2D eigenvalue weighted by Crippen LogP contribution is 2.26. The number of hydrogen-bond acceptors (Lipinski definition) is 5. The largest absolute Gasteiger partial charge is 0.330 e. The Balaban J connectivity index is 1.99. The fourth-order valence-corrected chi connectivity index (χ4v) is 5.37. The molecule has 1 saturated heterocycles. The first-order valence-electron chi connectivity index (χ1n) is 8.26. The van der Waals surface area contributed by atoms with Gasteiger partial charge in [-0.3, -0.25) is 14.9 Å². The molecule has 0 aliphatic carbocycles. The number of sulfone groups is 1. The first-order chi connectivity index (χ1) is 12.8. The lowest BCUT2D eigenvalue weighted by molar-refractivity contribution is -0.385. The van der Waals surface area contributed by atoms with Gasteiger partial charge in [-0.1, -0.05) is 40.2 Å². The highest BCUT2D eigenvalue weighted by Gasteiger charge is 2.36. The number of para-hydroxylation sites is 1. The second-order valence-corrected chi connectivity index (χ2v) is 9.54. The molecule has 0 spiro atoms. The number of rotatable bonds is 5. The molecule has 7 nitrogen and oxygen atoms in total. The molecule has 0 bridgehead atoms. The van der Waals surface area contributed by atoms with Crippen LogP contribution in [0.25, 0.3) is 0 Å². The van der Waals surface area contributed by atoms with Gasteiger partial charge in [-0.15, -0.1) is 0 Å². The van der Waals surface area contributed by atoms with Crippen LogP contribution >= 0.6 is 15.9 Å². The first kappa shape index (κ1) is 19.5. The molecular formula is C18H17BrN2O5S. The van der Waals surface area contributed by atoms with Crippen LogP contribution < -0.4 is 0 Å². The Morgan fingerprint density at radius 2 is 1.96 bits per heavy atom. The van der Waals surface area contributed by atoms with Crippen molar-refractivity contribution >= 4 is 37.4 Å². The van der Waals surface area contributed by atoms with Gasteiger partial charge in [0.2, 0.25) is 0 Å². The molecule has 0 radical (unpaired) electrons. The van der Waals surface area contributed by atoms with Gasteiger partial charge in [0, 0.05) is 23.1 Å². The highest BCUT2D eigenvalue weighted by atomic mass is 79.9. The van der Waals surface area contributed by atoms with Gasteiger partial charge >= 0.3 is 0 Å². The van der Waals surface area contributed by atoms with Crippen molar-refractivity contribution in [1.29, 1.82) is 0 Å². The lowest BCUT2D eigenvalue weighted by atomic mass is 10.1. The Morgan fingerprint density at radius 3 is 2.59 bits per heavy atom. The summed E-state index contributed by atoms with van der Waals surface area (Å²) in [4.78, 5) is 25.3. The van der Waals surface area contributed by atoms with Gasteiger partial charge in [0.15, 0.2) is 9.84 Å². The maximum Gasteiger partial charge on any atom is 0.282 e. The second kappa shape index (κ2) is 7.77. The molecule has 0 aromatic heterocycles. The molecule has 2 aromatic rings. The van der Waals surface area contributed by atoms with Crippen LogP contribution in [0.1, 0.15) is 22.3 Å². The van der Waals surface area contributed by atoms with E-state index in [1.807, 2.05) is 24.3 Å². The van der Waals surface area contributed by atoms with Crippen molar-refractivity contribution < 1.29 is 18.1 Å². The Labute approximate surface area is 165 Å². The fourth-order valence-electron chi connectivity index (χ4n) is 3.19. The number of halogens is 1. The summed E-state index contributed by atoms with van der Waals surface area (Å²) in [5.41, 5.74) is 0.477. The number of hydrogen-bond donors (Lipinski definition) is 0. The number of carbonyl (C=O) groups excluding carboxylic acids is 1. The van der Waals surface area contributed by atoms with Crippen molar-refractivity contribution in [2.45, 2.75) is 19.0 Å². The van der Waals surface area contributed by atoms with Gasteiger partial charge in [0.1, 0.15) is 5.56 Å². The fraction of sp³-hybridized carbons (Fsp3) is 0.278. The van der Waals surface area contributed by atoms with Gasteiger partial charge in [-0.25, -0.2) is 8.42 Å². The Hall–Kier alpha value is -2.26. The maximum atomic E-state index is 13.2. The van der Waals surface area contributed by atoms with E-state index in [0.29, 0.717) is 6.42 Å². The Kier molecular flexibility index (Phi) is 5.61. The lowest BCUT2D eigenvalue weighted by Gasteiger charge is -2.28. The van der Waals surface area contributed by atoms with E-state index in [1.54, 1.807) is 6.07 Å². The molecule has 1 unspecified atom stereocenters. The third kappa shape index (κ3) is 4.54. The van der Waals surface area contributed by atoms with Crippen LogP contribution in [0.3, 0.4) is 0 Å². The van der Waals surface area contributed by atoms with Crippen molar-refractivity contribution in [3.63, 3.8) is 0 Å². The minimum atomic E-state index is -3.22. The molecular weight excluding hydrogens is 436 g/mol. The van der Waals surface area contributed by atoms with E-state index in [0.717, 1.165) is 10.0 Å². The van der Waals surface area contributed by atoms with E-state index >= 15 is 0 Å². The average molecular weight is 453 g/mol. The highest BCUT2D eigenvalue weighted by molar-refractivity contribution is 9.10. The summed E-state index contributed by atoms with van der Waals surface area (Å²) >= 11 is 3.38. The number of amides is 1. The summed E-state index contributed by atoms with van der Waals surface area (Å²) in [5.74, 6) is -0.658. The molecule has 2 aromatic carbocycles. The monoisotopic (exact) mass is 452 g/mol. The van der Waals surface area contributed by atoms with Gasteiger partial charge in [0.25, 0.3) is 11.6 Å². The summed E-state index contributed by atoms with van der Waals surface area (Å²) in [6, 6.07) is 12.5. The van der Waals surface area contributed by atoms with E-state index in [-0.39, 0.29) is 29.3 Å². The quantitative estimate of drug-likeness (QED) is 0.512. The number of carbonyl (C=O) groups is 1. The first-order valence-corrected chi connectivity index (χ1v) is 10.9. The van der Waals surface area contributed by atoms with Crippen LogP contribution in [-0.4, -0.2) is 41.7 Å². The average Bonchev–Trinajstić information content (AvgIpc) is 2.98. The predicted octanol–water partition coefficient (Wildman–Crippen LogP) is 3.19. The van der Waals surface area contributed by atoms with Crippen molar-refractivity contribution in [2.24, 2.45) is 0 Å². The topological polar surface area (TPSA) is 97.6 Å². The number of nitro groups is 1. The normalized spacial score (nSPS) is 18.2. The van der Waals surface area contributed by atoms with Gasteiger partial charge in [-0.05, 0) is 30.2 Å². The zero-order valence-corrected chi connectivity index (χ0v) is 16.6. The van der Waals surface area contributed by atoms with E-state index in [9.17, 15) is 23.3 Å². The third-order valence-electron chi connectivity index (χ3n) is 4.48. The van der Waals surface area contributed by atoms with Crippen molar-refractivity contribution in [2.75, 3.05) is 11.5 Å². The smallest absolute Gasteiger partial charge is 0.282 e. The summed E-state index contributed by atoms with van der Waals surface area (Å²) in [7, 11) is -3.22. The molecule has 1 aliphatic heterocycles. The van der Waals surface area contributed by atoms with Crippen molar-refractivity contribution in [1.82, 2.24) is 4.90 Å². The van der Waals surface area contributed by atoms with Crippen LogP contribution in [-0.2, 0) is 16.4 Å². The zero-order chi connectivity index (χ0) is 19.6. The third-order valence-corrected chi connectivity index (χ3v) is 6.73. The molecule has 0 saturated carbocycles. The minimum Gasteiger partial charge on any atom is -0.330 e. The zero-order valence-electron chi connectivity index (χ0n) is 14.2. The van der Waals surface area contributed by atoms with E-state index in [2.05, 4.69) is 15.9 Å². The van der Waals surface area contributed by atoms with Gasteiger partial charge < -0.3 is 4.90 Å². The van der Waals surface area contributed by atoms with Gasteiger partial charge in [0.05, 0.1) is 16.4 Å². The second-order valence-electron chi connectivity index (χ2n) is 6.39. The van der Waals surface area contributed by atoms with Crippen molar-refractivity contribution in [3.05, 3.63) is 74.2 Å². The Morgan fingerprint density at radius 1 is 1.22 bits per heavy atom. The molecule has 27 heavy (non-hydrogen) atoms. The molecule has 142 valence electrons. The molecule has 1 aliphatic rings. The lowest BCUT2D eigenvalue weighted by Crippen LogP contribution is -2.40. The number of nitrogens with zero attached hydrogens (tertiary/aromatic N) is 2. The number of benzene rings is 2. The summed E-state index contributed by atoms with van der Waals surface area (Å²) < 4.78 is 24.7. The van der Waals surface area contributed by atoms with E-state index in [4.69, 9.17) is 0 Å². The molecule has 9 heteroatoms. The van der Waals surface area contributed by atoms with Crippen LogP contribution in [0.15, 0.2) is 53.0 Å².